The van der Waals surface area contributed by atoms with Crippen molar-refractivity contribution in [1.29, 1.82) is 0 Å². The fraction of sp³-hybridized carbons (Fsp3) is 1.00. The van der Waals surface area contributed by atoms with Gasteiger partial charge in [-0.3, -0.25) is 4.90 Å². The van der Waals surface area contributed by atoms with E-state index in [1.54, 1.807) is 7.11 Å². The summed E-state index contributed by atoms with van der Waals surface area (Å²) >= 11 is 0. The van der Waals surface area contributed by atoms with Crippen molar-refractivity contribution in [3.8, 4) is 0 Å². The minimum atomic E-state index is 0.233. The highest BCUT2D eigenvalue weighted by Crippen LogP contribution is 2.29. The van der Waals surface area contributed by atoms with Crippen LogP contribution in [-0.4, -0.2) is 49.3 Å². The standard InChI is InChI=1S/C14H30N2O/c1-12(8-9-15-14(2,3)4)16(10-11-17-5)13-6-7-13/h12-13,15H,6-11H2,1-5H3. The molecular weight excluding hydrogens is 212 g/mol. The van der Waals surface area contributed by atoms with Crippen LogP contribution in [0.25, 0.3) is 0 Å². The summed E-state index contributed by atoms with van der Waals surface area (Å²) in [5, 5.41) is 3.57. The average molecular weight is 242 g/mol. The summed E-state index contributed by atoms with van der Waals surface area (Å²) in [5.74, 6) is 0. The molecule has 0 aliphatic heterocycles. The van der Waals surface area contributed by atoms with E-state index in [1.807, 2.05) is 0 Å². The second-order valence-electron chi connectivity index (χ2n) is 6.28. The Balaban J connectivity index is 2.24. The maximum atomic E-state index is 5.20. The van der Waals surface area contributed by atoms with Crippen LogP contribution in [0.4, 0.5) is 0 Å². The number of hydrogen-bond acceptors (Lipinski definition) is 3. The minimum absolute atomic E-state index is 0.233. The Labute approximate surface area is 107 Å². The Morgan fingerprint density at radius 1 is 1.35 bits per heavy atom. The summed E-state index contributed by atoms with van der Waals surface area (Å²) in [5.41, 5.74) is 0.233. The van der Waals surface area contributed by atoms with E-state index in [0.717, 1.165) is 25.7 Å². The zero-order chi connectivity index (χ0) is 12.9. The Hall–Kier alpha value is -0.120. The normalized spacial score (nSPS) is 18.7. The summed E-state index contributed by atoms with van der Waals surface area (Å²) in [7, 11) is 1.79. The van der Waals surface area contributed by atoms with Gasteiger partial charge in [-0.2, -0.15) is 0 Å². The quantitative estimate of drug-likeness (QED) is 0.706. The topological polar surface area (TPSA) is 24.5 Å². The van der Waals surface area contributed by atoms with Gasteiger partial charge in [0, 0.05) is 31.3 Å². The molecule has 1 N–H and O–H groups in total. The molecule has 1 rings (SSSR count). The first-order valence-corrected chi connectivity index (χ1v) is 6.94. The molecule has 1 aliphatic carbocycles. The van der Waals surface area contributed by atoms with Crippen LogP contribution >= 0.6 is 0 Å². The molecule has 0 spiro atoms. The molecule has 0 amide bonds. The highest BCUT2D eigenvalue weighted by molar-refractivity contribution is 4.87. The van der Waals surface area contributed by atoms with Gasteiger partial charge < -0.3 is 10.1 Å². The van der Waals surface area contributed by atoms with E-state index >= 15 is 0 Å². The lowest BCUT2D eigenvalue weighted by molar-refractivity contribution is 0.115. The summed E-state index contributed by atoms with van der Waals surface area (Å²) in [6.07, 6.45) is 3.97. The third kappa shape index (κ3) is 6.39. The van der Waals surface area contributed by atoms with Crippen LogP contribution in [0.1, 0.15) is 47.0 Å². The first kappa shape index (κ1) is 14.9. The summed E-state index contributed by atoms with van der Waals surface area (Å²) in [6.45, 7) is 12.0. The zero-order valence-electron chi connectivity index (χ0n) is 12.3. The molecule has 1 aliphatic rings. The molecule has 0 aromatic rings. The first-order valence-electron chi connectivity index (χ1n) is 6.94. The average Bonchev–Trinajstić information content (AvgIpc) is 3.00. The van der Waals surface area contributed by atoms with Gasteiger partial charge in [0.2, 0.25) is 0 Å². The van der Waals surface area contributed by atoms with E-state index in [4.69, 9.17) is 4.74 Å². The van der Waals surface area contributed by atoms with Crippen LogP contribution in [0, 0.1) is 0 Å². The Kier molecular flexibility index (Phi) is 5.90. The Bertz CT molecular complexity index is 209. The molecule has 17 heavy (non-hydrogen) atoms. The van der Waals surface area contributed by atoms with E-state index in [9.17, 15) is 0 Å². The van der Waals surface area contributed by atoms with Crippen molar-refractivity contribution in [2.24, 2.45) is 0 Å². The van der Waals surface area contributed by atoms with Crippen LogP contribution < -0.4 is 5.32 Å². The van der Waals surface area contributed by atoms with E-state index in [1.165, 1.54) is 19.3 Å². The Morgan fingerprint density at radius 3 is 2.47 bits per heavy atom. The highest BCUT2D eigenvalue weighted by atomic mass is 16.5. The third-order valence-corrected chi connectivity index (χ3v) is 3.35. The summed E-state index contributed by atoms with van der Waals surface area (Å²) in [6, 6.07) is 1.49. The van der Waals surface area contributed by atoms with E-state index in [-0.39, 0.29) is 5.54 Å². The summed E-state index contributed by atoms with van der Waals surface area (Å²) < 4.78 is 5.20. The molecule has 3 nitrogen and oxygen atoms in total. The van der Waals surface area contributed by atoms with Crippen molar-refractivity contribution in [2.45, 2.75) is 64.6 Å². The molecule has 102 valence electrons. The van der Waals surface area contributed by atoms with Crippen LogP contribution in [0.2, 0.25) is 0 Å². The van der Waals surface area contributed by atoms with Gasteiger partial charge in [-0.15, -0.1) is 0 Å². The lowest BCUT2D eigenvalue weighted by Crippen LogP contribution is -2.42. The minimum Gasteiger partial charge on any atom is -0.383 e. The van der Waals surface area contributed by atoms with Crippen LogP contribution in [0.15, 0.2) is 0 Å². The van der Waals surface area contributed by atoms with Gasteiger partial charge >= 0.3 is 0 Å². The molecule has 0 heterocycles. The van der Waals surface area contributed by atoms with Crippen molar-refractivity contribution >= 4 is 0 Å². The van der Waals surface area contributed by atoms with E-state index < -0.39 is 0 Å². The van der Waals surface area contributed by atoms with Crippen LogP contribution in [-0.2, 0) is 4.74 Å². The molecular formula is C14H30N2O. The van der Waals surface area contributed by atoms with Gasteiger partial charge in [0.05, 0.1) is 6.61 Å². The largest absolute Gasteiger partial charge is 0.383 e. The van der Waals surface area contributed by atoms with Crippen LogP contribution in [0.3, 0.4) is 0 Å². The molecule has 1 saturated carbocycles. The highest BCUT2D eigenvalue weighted by Gasteiger charge is 2.31. The molecule has 0 radical (unpaired) electrons. The molecule has 0 aromatic carbocycles. The fourth-order valence-electron chi connectivity index (χ4n) is 2.19. The van der Waals surface area contributed by atoms with Crippen molar-refractivity contribution < 1.29 is 4.74 Å². The first-order chi connectivity index (χ1) is 7.94. The molecule has 1 unspecified atom stereocenters. The van der Waals surface area contributed by atoms with Gasteiger partial charge in [0.1, 0.15) is 0 Å². The van der Waals surface area contributed by atoms with Crippen LogP contribution in [0.5, 0.6) is 0 Å². The number of rotatable bonds is 8. The predicted octanol–water partition coefficient (Wildman–Crippen LogP) is 2.26. The van der Waals surface area contributed by atoms with Gasteiger partial charge in [0.15, 0.2) is 0 Å². The third-order valence-electron chi connectivity index (χ3n) is 3.35. The Morgan fingerprint density at radius 2 is 2.00 bits per heavy atom. The van der Waals surface area contributed by atoms with E-state index in [0.29, 0.717) is 6.04 Å². The second-order valence-corrected chi connectivity index (χ2v) is 6.28. The lowest BCUT2D eigenvalue weighted by atomic mass is 10.1. The van der Waals surface area contributed by atoms with Crippen molar-refractivity contribution in [1.82, 2.24) is 10.2 Å². The maximum Gasteiger partial charge on any atom is 0.0589 e. The van der Waals surface area contributed by atoms with E-state index in [2.05, 4.69) is 37.9 Å². The predicted molar refractivity (Wildman–Crippen MR) is 73.4 cm³/mol. The monoisotopic (exact) mass is 242 g/mol. The lowest BCUT2D eigenvalue weighted by Gasteiger charge is -2.30. The maximum absolute atomic E-state index is 5.20. The van der Waals surface area contributed by atoms with Gasteiger partial charge in [-0.25, -0.2) is 0 Å². The second kappa shape index (κ2) is 6.72. The zero-order valence-corrected chi connectivity index (χ0v) is 12.3. The molecule has 0 bridgehead atoms. The SMILES string of the molecule is COCCN(C(C)CCNC(C)(C)C)C1CC1. The molecule has 0 saturated heterocycles. The van der Waals surface area contributed by atoms with Gasteiger partial charge in [-0.1, -0.05) is 0 Å². The number of ether oxygens (including phenoxy) is 1. The summed E-state index contributed by atoms with van der Waals surface area (Å²) in [4.78, 5) is 2.62. The van der Waals surface area contributed by atoms with Crippen molar-refractivity contribution in [3.63, 3.8) is 0 Å². The molecule has 1 atom stereocenters. The number of methoxy groups -OCH3 is 1. The molecule has 0 aromatic heterocycles. The smallest absolute Gasteiger partial charge is 0.0589 e. The van der Waals surface area contributed by atoms with Crippen molar-refractivity contribution in [2.75, 3.05) is 26.8 Å². The van der Waals surface area contributed by atoms with Crippen molar-refractivity contribution in [3.05, 3.63) is 0 Å². The number of nitrogens with one attached hydrogen (secondary N) is 1. The molecule has 1 fully saturated rings. The number of nitrogens with zero attached hydrogens (tertiary/aromatic N) is 1. The molecule has 3 heteroatoms. The fourth-order valence-corrected chi connectivity index (χ4v) is 2.19. The number of hydrogen-bond donors (Lipinski definition) is 1. The van der Waals surface area contributed by atoms with Gasteiger partial charge in [0.25, 0.3) is 0 Å². The van der Waals surface area contributed by atoms with Gasteiger partial charge in [-0.05, 0) is 53.5 Å².